The zero-order valence-electron chi connectivity index (χ0n) is 75.0. The number of rotatable bonds is 57. The molecule has 0 aliphatic carbocycles. The van der Waals surface area contributed by atoms with Crippen LogP contribution in [0.3, 0.4) is 0 Å². The lowest BCUT2D eigenvalue weighted by atomic mass is 10.1. The van der Waals surface area contributed by atoms with Gasteiger partial charge in [0.2, 0.25) is 0 Å². The Morgan fingerprint density at radius 3 is 0.910 bits per heavy atom. The Kier molecular flexibility index (Phi) is 118. The van der Waals surface area contributed by atoms with Gasteiger partial charge in [0.25, 0.3) is 25.9 Å². The van der Waals surface area contributed by atoms with E-state index in [0.717, 1.165) is 81.6 Å². The maximum atomic E-state index is 10.4. The van der Waals surface area contributed by atoms with Crippen LogP contribution >= 0.6 is 0 Å². The number of nitrogen functional groups attached to an aromatic ring is 1. The fourth-order valence-electron chi connectivity index (χ4n) is 6.93. The molecule has 764 valence electrons. The fourth-order valence-corrected chi connectivity index (χ4v) is 6.93. The minimum absolute atomic E-state index is 0.0556. The Morgan fingerprint density at radius 2 is 0.590 bits per heavy atom. The molecule has 0 aromatic heterocycles. The third-order valence-electron chi connectivity index (χ3n) is 12.9. The first kappa shape index (κ1) is 139. The normalized spacial score (nSPS) is 9.32. The number of hydrogen-bond donors (Lipinski definition) is 24. The molecule has 0 atom stereocenters. The lowest BCUT2D eigenvalue weighted by Crippen LogP contribution is -2.13. The molecule has 0 aliphatic heterocycles. The number of ether oxygens (including phenoxy) is 13. The van der Waals surface area contributed by atoms with E-state index in [0.29, 0.717) is 149 Å². The van der Waals surface area contributed by atoms with Gasteiger partial charge in [-0.2, -0.15) is 0 Å². The summed E-state index contributed by atoms with van der Waals surface area (Å²) in [6.45, 7) is 14.3. The summed E-state index contributed by atoms with van der Waals surface area (Å²) in [7, 11) is 0. The first-order chi connectivity index (χ1) is 64.1. The zero-order chi connectivity index (χ0) is 103. The molecule has 0 saturated heterocycles. The first-order valence-electron chi connectivity index (χ1n) is 40.2. The monoisotopic (exact) mass is 1920 g/mol. The van der Waals surface area contributed by atoms with Crippen molar-refractivity contribution < 1.29 is 180 Å². The number of nitrogens with two attached hydrogens (primary N) is 14. The Labute approximate surface area is 776 Å². The average molecular weight is 1930 g/mol. The standard InChI is InChI=1S/C10H24N2O3.C10H24N2O2.C9H11NO2.C8H9NO2.2C8H6O4.C7H7NO2.C5H11NO3.C4H12N2O.C4H9NO3.C4H6O5.C3H4O4.C2H5NO2.CH6N2/c11-3-1-5-13-7-9-15-10-8-14-6-2-4-12;11-5-3-9-13-7-1-2-8-14-10-4-6-12;10-6-8-3-1-7(2-4-8)5-9(11)12;9-5-6-1-3-7(4-2-6)8(10)11;9-5-12-7-3-1-6(2-4-7)8(10)11;9-5-12-7-3-1-2-6(4-7)8(10)11;8-6-3-1-5(2-4-6)7(9)10;6-2-4-9-3-1-5(7)8;5-1-3-7-4-2-6;5-1-2-8-3-4(6)7;5-2-9-3-8-1-4(6)7;4-2-7-1-3(5)6;3-1-2(4)5;2-1-3/h1-12H2;1-12H2;1-4H,5-6,10H2,(H,11,12);1-4H,5,9H2,(H,10,11);2*1-5H,(H,10,11);1-4H,8H2,(H,9,10);1-4,6H2,(H,7,8);1-6H2;1-3,5H2,(H,6,7);2H,1,3H2,(H,6,7);2H,1H2,(H,5,6);1,3H2,(H,4,5);1-3H2. The van der Waals surface area contributed by atoms with E-state index in [1.54, 1.807) is 48.5 Å². The number of anilines is 1. The molecule has 0 radical (unpaired) electrons. The van der Waals surface area contributed by atoms with Gasteiger partial charge in [-0.15, -0.1) is 0 Å². The number of aliphatic carboxylic acids is 6. The van der Waals surface area contributed by atoms with E-state index in [-0.39, 0.29) is 94.4 Å². The van der Waals surface area contributed by atoms with Crippen LogP contribution in [-0.2, 0) is 120 Å². The number of carbonyl (C=O) groups excluding carboxylic acids is 4. The molecular weight excluding hydrogens is 1780 g/mol. The molecule has 5 aromatic rings. The summed E-state index contributed by atoms with van der Waals surface area (Å²) in [6.07, 6.45) is 5.97. The van der Waals surface area contributed by atoms with Crippen molar-refractivity contribution in [2.24, 2.45) is 74.5 Å². The van der Waals surface area contributed by atoms with Crippen LogP contribution in [0, 0.1) is 0 Å². The Morgan fingerprint density at radius 1 is 0.276 bits per heavy atom. The predicted molar refractivity (Wildman–Crippen MR) is 487 cm³/mol. The topological polar surface area (TPSA) is 926 Å². The SMILES string of the molecule is NCC(=O)O.NCCCOCCCCOCCCN.NCCCOCCOCCOCCCN.NCCOCC(=O)O.NCCOCCC(=O)O.NCCOCCN.NCN.NCc1ccc(C(=O)O)cc1.NCc1ccc(CC(=O)O)cc1.Nc1ccc(C(=O)O)cc1.O=COCC(=O)O.O=COCOCC(=O)O.O=COc1ccc(C(=O)O)cc1.O=COc1cccc(C(=O)O)c1. The van der Waals surface area contributed by atoms with Crippen molar-refractivity contribution in [3.05, 3.63) is 160 Å². The van der Waals surface area contributed by atoms with Crippen LogP contribution in [0.25, 0.3) is 0 Å². The molecule has 0 unspecified atom stereocenters. The van der Waals surface area contributed by atoms with E-state index < -0.39 is 72.9 Å². The van der Waals surface area contributed by atoms with Crippen molar-refractivity contribution in [3.63, 3.8) is 0 Å². The van der Waals surface area contributed by atoms with E-state index >= 15 is 0 Å². The molecule has 0 fully saturated rings. The third-order valence-corrected chi connectivity index (χ3v) is 12.9. The molecular formula is C83H140N14O37. The van der Waals surface area contributed by atoms with Gasteiger partial charge in [0, 0.05) is 91.3 Å². The molecule has 0 heterocycles. The molecule has 51 nitrogen and oxygen atoms in total. The van der Waals surface area contributed by atoms with Crippen LogP contribution in [0.15, 0.2) is 121 Å². The van der Waals surface area contributed by atoms with Gasteiger partial charge in [0.15, 0.2) is 13.4 Å². The number of benzene rings is 5. The van der Waals surface area contributed by atoms with Crippen LogP contribution < -0.4 is 89.7 Å². The molecule has 5 rings (SSSR count). The molecule has 51 heteroatoms. The van der Waals surface area contributed by atoms with Gasteiger partial charge >= 0.3 is 59.7 Å². The minimum Gasteiger partial charge on any atom is -0.481 e. The highest BCUT2D eigenvalue weighted by atomic mass is 16.7. The van der Waals surface area contributed by atoms with Crippen molar-refractivity contribution in [3.8, 4) is 11.5 Å². The van der Waals surface area contributed by atoms with E-state index in [4.69, 9.17) is 147 Å². The van der Waals surface area contributed by atoms with E-state index in [1.165, 1.54) is 60.7 Å². The number of carbonyl (C=O) groups is 14. The quantitative estimate of drug-likeness (QED) is 0.00903. The van der Waals surface area contributed by atoms with Crippen LogP contribution in [0.5, 0.6) is 11.5 Å². The molecule has 0 aliphatic rings. The van der Waals surface area contributed by atoms with Gasteiger partial charge < -0.3 is 193 Å². The van der Waals surface area contributed by atoms with Crippen LogP contribution in [-0.4, -0.2) is 328 Å². The van der Waals surface area contributed by atoms with Gasteiger partial charge in [0.05, 0.1) is 101 Å². The van der Waals surface area contributed by atoms with Gasteiger partial charge in [-0.05, 0) is 160 Å². The van der Waals surface area contributed by atoms with Crippen molar-refractivity contribution in [2.45, 2.75) is 64.5 Å². The summed E-state index contributed by atoms with van der Waals surface area (Å²) in [5.74, 6) is -9.16. The smallest absolute Gasteiger partial charge is 0.341 e. The van der Waals surface area contributed by atoms with E-state index in [2.05, 4.69) is 45.6 Å². The average Bonchev–Trinajstić information content (AvgIpc) is 0.868. The predicted octanol–water partition coefficient (Wildman–Crippen LogP) is -1.59. The van der Waals surface area contributed by atoms with E-state index in [9.17, 15) is 67.1 Å². The van der Waals surface area contributed by atoms with Gasteiger partial charge in [0.1, 0.15) is 24.7 Å². The Balaban J connectivity index is -0.000000181. The minimum atomic E-state index is -1.15. The lowest BCUT2D eigenvalue weighted by Gasteiger charge is -2.06. The zero-order valence-corrected chi connectivity index (χ0v) is 75.0. The molecule has 134 heavy (non-hydrogen) atoms. The second kappa shape index (κ2) is 113. The van der Waals surface area contributed by atoms with Crippen LogP contribution in [0.4, 0.5) is 5.69 Å². The highest BCUT2D eigenvalue weighted by Gasteiger charge is 2.07. The highest BCUT2D eigenvalue weighted by molar-refractivity contribution is 5.89. The maximum Gasteiger partial charge on any atom is 0.341 e. The summed E-state index contributed by atoms with van der Waals surface area (Å²) < 4.78 is 61.7. The highest BCUT2D eigenvalue weighted by Crippen LogP contribution is 2.13. The van der Waals surface area contributed by atoms with Crippen molar-refractivity contribution in [1.29, 1.82) is 0 Å². The molecule has 0 spiro atoms. The summed E-state index contributed by atoms with van der Waals surface area (Å²) in [5, 5.41) is 81.8. The molecule has 0 bridgehead atoms. The summed E-state index contributed by atoms with van der Waals surface area (Å²) in [4.78, 5) is 138. The fraction of sp³-hybridized carbons (Fsp3) is 0.470. The lowest BCUT2D eigenvalue weighted by molar-refractivity contribution is -0.153. The summed E-state index contributed by atoms with van der Waals surface area (Å²) in [5.41, 5.74) is 75.6. The van der Waals surface area contributed by atoms with Crippen LogP contribution in [0.2, 0.25) is 0 Å². The second-order valence-electron chi connectivity index (χ2n) is 23.9. The number of carboxylic acids is 10. The Bertz CT molecular complexity index is 3610. The molecule has 0 saturated carbocycles. The first-order valence-corrected chi connectivity index (χ1v) is 40.2. The number of hydrogen-bond acceptors (Lipinski definition) is 41. The number of unbranched alkanes of at least 4 members (excludes halogenated alkanes) is 1. The summed E-state index contributed by atoms with van der Waals surface area (Å²) in [6, 6.07) is 31.1. The largest absolute Gasteiger partial charge is 0.481 e. The van der Waals surface area contributed by atoms with Crippen molar-refractivity contribution in [1.82, 2.24) is 0 Å². The van der Waals surface area contributed by atoms with E-state index in [1.807, 2.05) is 12.1 Å². The van der Waals surface area contributed by atoms with Gasteiger partial charge in [-0.1, -0.05) is 42.5 Å². The van der Waals surface area contributed by atoms with Crippen molar-refractivity contribution in [2.75, 3.05) is 197 Å². The Hall–Kier alpha value is -12.4. The summed E-state index contributed by atoms with van der Waals surface area (Å²) >= 11 is 0. The van der Waals surface area contributed by atoms with Crippen molar-refractivity contribution >= 4 is 91.3 Å². The third kappa shape index (κ3) is 122. The molecule has 0 amide bonds. The number of aromatic carboxylic acids is 4. The van der Waals surface area contributed by atoms with Crippen LogP contribution in [0.1, 0.15) is 103 Å². The van der Waals surface area contributed by atoms with Gasteiger partial charge in [-0.25, -0.2) is 33.6 Å². The van der Waals surface area contributed by atoms with Gasteiger partial charge in [-0.3, -0.25) is 33.6 Å². The maximum absolute atomic E-state index is 10.4. The molecule has 38 N–H and O–H groups in total. The second-order valence-corrected chi connectivity index (χ2v) is 23.9. The molecule has 5 aromatic carbocycles. The number of carboxylic acid groups (broad SMARTS) is 10.